The van der Waals surface area contributed by atoms with Crippen LogP contribution in [0, 0.1) is 19.7 Å². The van der Waals surface area contributed by atoms with E-state index in [1.807, 2.05) is 13.0 Å². The molecule has 0 bridgehead atoms. The maximum Gasteiger partial charge on any atom is 0.256 e. The number of carbonyl (C=O) groups excluding carboxylic acids is 1. The number of aromatic amines is 1. The normalized spacial score (nSPS) is 18.8. The number of pyridine rings is 1. The van der Waals surface area contributed by atoms with Gasteiger partial charge in [-0.3, -0.25) is 9.59 Å². The van der Waals surface area contributed by atoms with Gasteiger partial charge in [-0.05, 0) is 31.9 Å². The molecule has 154 valence electrons. The maximum atomic E-state index is 14.7. The van der Waals surface area contributed by atoms with Crippen LogP contribution in [0.15, 0.2) is 16.9 Å². The second kappa shape index (κ2) is 7.80. The van der Waals surface area contributed by atoms with Gasteiger partial charge in [0.15, 0.2) is 0 Å². The van der Waals surface area contributed by atoms with E-state index in [0.29, 0.717) is 43.7 Å². The number of hydrogen-bond acceptors (Lipinski definition) is 4. The van der Waals surface area contributed by atoms with Crippen LogP contribution in [-0.2, 0) is 17.7 Å². The summed E-state index contributed by atoms with van der Waals surface area (Å²) < 4.78 is 25.8. The minimum Gasteiger partial charge on any atom is -0.486 e. The molecule has 2 aliphatic heterocycles. The average molecular weight is 421 g/mol. The first kappa shape index (κ1) is 19.9. The van der Waals surface area contributed by atoms with Crippen LogP contribution < -0.4 is 10.3 Å². The number of nitrogens with zero attached hydrogens (tertiary/aromatic N) is 1. The minimum absolute atomic E-state index is 0.109. The zero-order valence-electron chi connectivity index (χ0n) is 16.3. The molecule has 0 saturated carbocycles. The van der Waals surface area contributed by atoms with E-state index in [4.69, 9.17) is 21.1 Å². The van der Waals surface area contributed by atoms with E-state index in [9.17, 15) is 14.0 Å². The number of halogens is 2. The van der Waals surface area contributed by atoms with Gasteiger partial charge in [0.05, 0.1) is 30.3 Å². The van der Waals surface area contributed by atoms with Crippen LogP contribution in [0.5, 0.6) is 5.75 Å². The molecule has 2 aromatic rings. The summed E-state index contributed by atoms with van der Waals surface area (Å²) in [6, 6.07) is 3.11. The summed E-state index contributed by atoms with van der Waals surface area (Å²) in [6.07, 6.45) is 0.792. The van der Waals surface area contributed by atoms with Crippen molar-refractivity contribution in [2.75, 3.05) is 19.8 Å². The highest BCUT2D eigenvalue weighted by molar-refractivity contribution is 6.35. The summed E-state index contributed by atoms with van der Waals surface area (Å²) in [5.41, 5.74) is 2.26. The summed E-state index contributed by atoms with van der Waals surface area (Å²) in [4.78, 5) is 29.8. The van der Waals surface area contributed by atoms with Crippen molar-refractivity contribution >= 4 is 17.5 Å². The molecule has 4 rings (SSSR count). The number of H-pyrrole nitrogens is 1. The number of aryl methyl sites for hydroxylation is 2. The van der Waals surface area contributed by atoms with Gasteiger partial charge in [-0.25, -0.2) is 4.39 Å². The minimum atomic E-state index is -0.504. The van der Waals surface area contributed by atoms with Crippen molar-refractivity contribution in [3.8, 4) is 5.75 Å². The van der Waals surface area contributed by atoms with Crippen molar-refractivity contribution in [1.29, 1.82) is 0 Å². The lowest BCUT2D eigenvalue weighted by atomic mass is 9.97. The van der Waals surface area contributed by atoms with Gasteiger partial charge in [0.25, 0.3) is 11.5 Å². The molecule has 6 nitrogen and oxygen atoms in total. The molecule has 1 aromatic carbocycles. The first-order valence-electron chi connectivity index (χ1n) is 9.59. The first-order chi connectivity index (χ1) is 13.8. The van der Waals surface area contributed by atoms with Crippen molar-refractivity contribution in [1.82, 2.24) is 9.88 Å². The predicted molar refractivity (Wildman–Crippen MR) is 106 cm³/mol. The van der Waals surface area contributed by atoms with E-state index >= 15 is 0 Å². The van der Waals surface area contributed by atoms with E-state index in [0.717, 1.165) is 11.3 Å². The van der Waals surface area contributed by atoms with E-state index in [1.165, 1.54) is 11.0 Å². The number of aromatic nitrogens is 1. The fourth-order valence-corrected chi connectivity index (χ4v) is 4.20. The molecule has 2 aliphatic rings. The molecule has 0 spiro atoms. The Hall–Kier alpha value is -2.38. The summed E-state index contributed by atoms with van der Waals surface area (Å²) in [5.74, 6) is -0.753. The molecule has 0 radical (unpaired) electrons. The van der Waals surface area contributed by atoms with Gasteiger partial charge in [0.2, 0.25) is 0 Å². The number of amides is 1. The lowest BCUT2D eigenvalue weighted by molar-refractivity contribution is 0.0723. The molecule has 1 aromatic heterocycles. The Morgan fingerprint density at radius 1 is 1.34 bits per heavy atom. The first-order valence-corrected chi connectivity index (χ1v) is 9.97. The second-order valence-electron chi connectivity index (χ2n) is 7.55. The molecule has 1 amide bonds. The average Bonchev–Trinajstić information content (AvgIpc) is 3.16. The number of hydrogen-bond donors (Lipinski definition) is 1. The van der Waals surface area contributed by atoms with Gasteiger partial charge in [0.1, 0.15) is 17.7 Å². The molecule has 0 unspecified atom stereocenters. The van der Waals surface area contributed by atoms with Crippen LogP contribution in [0.1, 0.15) is 39.2 Å². The highest BCUT2D eigenvalue weighted by Gasteiger charge is 2.32. The fourth-order valence-electron chi connectivity index (χ4n) is 3.91. The van der Waals surface area contributed by atoms with Gasteiger partial charge in [-0.2, -0.15) is 0 Å². The van der Waals surface area contributed by atoms with Gasteiger partial charge < -0.3 is 19.4 Å². The molecule has 29 heavy (non-hydrogen) atoms. The van der Waals surface area contributed by atoms with Crippen LogP contribution in [0.25, 0.3) is 0 Å². The Bertz CT molecular complexity index is 1030. The lowest BCUT2D eigenvalue weighted by Crippen LogP contribution is -2.39. The highest BCUT2D eigenvalue weighted by atomic mass is 35.5. The van der Waals surface area contributed by atoms with Crippen molar-refractivity contribution < 1.29 is 18.7 Å². The standard InChI is InChI=1S/C21H22ClFN2O4/c1-11-7-12(2)24-20(26)15(11)9-25-5-3-14-16(23)8-17(19(22)18(14)21(25)27)29-13-4-6-28-10-13/h7-8,13H,3-6,9-10H2,1-2H3,(H,24,26)/t13-/m1/s1. The molecule has 1 atom stereocenters. The smallest absolute Gasteiger partial charge is 0.256 e. The number of carbonyl (C=O) groups is 1. The van der Waals surface area contributed by atoms with E-state index < -0.39 is 11.7 Å². The van der Waals surface area contributed by atoms with Crippen LogP contribution in [0.4, 0.5) is 4.39 Å². The molecule has 3 heterocycles. The Labute approximate surface area is 172 Å². The summed E-state index contributed by atoms with van der Waals surface area (Å²) in [5, 5.41) is 0.109. The third-order valence-electron chi connectivity index (χ3n) is 5.44. The molecular formula is C21H22ClFN2O4. The summed E-state index contributed by atoms with van der Waals surface area (Å²) in [7, 11) is 0. The summed E-state index contributed by atoms with van der Waals surface area (Å²) >= 11 is 6.48. The van der Waals surface area contributed by atoms with Crippen LogP contribution in [0.3, 0.4) is 0 Å². The van der Waals surface area contributed by atoms with Gasteiger partial charge in [-0.1, -0.05) is 11.6 Å². The van der Waals surface area contributed by atoms with Gasteiger partial charge in [-0.15, -0.1) is 0 Å². The Morgan fingerprint density at radius 2 is 2.14 bits per heavy atom. The van der Waals surface area contributed by atoms with Crippen molar-refractivity contribution in [3.63, 3.8) is 0 Å². The molecule has 1 N–H and O–H groups in total. The molecule has 1 fully saturated rings. The third-order valence-corrected chi connectivity index (χ3v) is 5.82. The maximum absolute atomic E-state index is 14.7. The monoisotopic (exact) mass is 420 g/mol. The van der Waals surface area contributed by atoms with Crippen LogP contribution >= 0.6 is 11.6 Å². The summed E-state index contributed by atoms with van der Waals surface area (Å²) in [6.45, 7) is 5.07. The quantitative estimate of drug-likeness (QED) is 0.824. The number of rotatable bonds is 4. The third kappa shape index (κ3) is 3.76. The van der Waals surface area contributed by atoms with Crippen LogP contribution in [0.2, 0.25) is 5.02 Å². The van der Waals surface area contributed by atoms with Crippen molar-refractivity contribution in [2.24, 2.45) is 0 Å². The predicted octanol–water partition coefficient (Wildman–Crippen LogP) is 3.15. The van der Waals surface area contributed by atoms with Crippen molar-refractivity contribution in [2.45, 2.75) is 39.3 Å². The Morgan fingerprint density at radius 3 is 2.83 bits per heavy atom. The van der Waals surface area contributed by atoms with E-state index in [1.54, 1.807) is 6.92 Å². The number of benzene rings is 1. The molecular weight excluding hydrogens is 399 g/mol. The number of fused-ring (bicyclic) bond motifs is 1. The molecule has 8 heteroatoms. The van der Waals surface area contributed by atoms with E-state index in [2.05, 4.69) is 4.98 Å². The van der Waals surface area contributed by atoms with E-state index in [-0.39, 0.29) is 34.5 Å². The molecule has 0 aliphatic carbocycles. The second-order valence-corrected chi connectivity index (χ2v) is 7.93. The topological polar surface area (TPSA) is 71.6 Å². The zero-order chi connectivity index (χ0) is 20.7. The Kier molecular flexibility index (Phi) is 5.36. The van der Waals surface area contributed by atoms with Crippen molar-refractivity contribution in [3.05, 3.63) is 61.3 Å². The van der Waals surface area contributed by atoms with Gasteiger partial charge >= 0.3 is 0 Å². The largest absolute Gasteiger partial charge is 0.486 e. The van der Waals surface area contributed by atoms with Gasteiger partial charge in [0, 0.05) is 35.9 Å². The lowest BCUT2D eigenvalue weighted by Gasteiger charge is -2.30. The zero-order valence-corrected chi connectivity index (χ0v) is 17.1. The SMILES string of the molecule is Cc1cc(C)c(CN2CCc3c(F)cc(O[C@@H]4CCOC4)c(Cl)c3C2=O)c(=O)[nH]1. The molecule has 1 saturated heterocycles. The fraction of sp³-hybridized carbons (Fsp3) is 0.429. The Balaban J connectivity index is 1.66. The number of nitrogens with one attached hydrogen (secondary N) is 1. The van der Waals surface area contributed by atoms with Crippen LogP contribution in [-0.4, -0.2) is 41.7 Å². The highest BCUT2D eigenvalue weighted by Crippen LogP contribution is 2.37. The number of ether oxygens (including phenoxy) is 2.